The van der Waals surface area contributed by atoms with Crippen LogP contribution in [0, 0.1) is 0 Å². The number of anilines is 1. The fourth-order valence-corrected chi connectivity index (χ4v) is 6.07. The van der Waals surface area contributed by atoms with Crippen LogP contribution in [0.15, 0.2) is 48.7 Å². The summed E-state index contributed by atoms with van der Waals surface area (Å²) in [5, 5.41) is 6.93. The first-order valence-corrected chi connectivity index (χ1v) is 13.5. The van der Waals surface area contributed by atoms with Gasteiger partial charge >= 0.3 is 0 Å². The second kappa shape index (κ2) is 10.3. The number of amides is 2. The third kappa shape index (κ3) is 4.74. The van der Waals surface area contributed by atoms with E-state index in [9.17, 15) is 9.59 Å². The predicted molar refractivity (Wildman–Crippen MR) is 145 cm³/mol. The van der Waals surface area contributed by atoms with Gasteiger partial charge in [-0.2, -0.15) is 0 Å². The maximum Gasteiger partial charge on any atom is 0.254 e. The van der Waals surface area contributed by atoms with E-state index >= 15 is 0 Å². The summed E-state index contributed by atoms with van der Waals surface area (Å²) in [6.07, 6.45) is 5.05. The lowest BCUT2D eigenvalue weighted by Crippen LogP contribution is -2.48. The molecule has 3 aromatic rings. The summed E-state index contributed by atoms with van der Waals surface area (Å²) in [6, 6.07) is 13.9. The molecule has 2 aromatic carbocycles. The topological polar surface area (TPSA) is 96.5 Å². The molecule has 2 aliphatic heterocycles. The van der Waals surface area contributed by atoms with Crippen LogP contribution in [0.3, 0.4) is 0 Å². The summed E-state index contributed by atoms with van der Waals surface area (Å²) < 4.78 is 5.44. The van der Waals surface area contributed by atoms with Crippen molar-refractivity contribution in [3.63, 3.8) is 0 Å². The predicted octanol–water partition coefficient (Wildman–Crippen LogP) is 4.54. The number of aromatic nitrogens is 2. The average Bonchev–Trinajstić information content (AvgIpc) is 3.25. The van der Waals surface area contributed by atoms with Gasteiger partial charge in [-0.3, -0.25) is 9.59 Å². The smallest absolute Gasteiger partial charge is 0.254 e. The highest BCUT2D eigenvalue weighted by atomic mass is 35.5. The monoisotopic (exact) mass is 531 g/mol. The molecule has 2 amide bonds. The highest BCUT2D eigenvalue weighted by molar-refractivity contribution is 6.33. The Balaban J connectivity index is 1.27. The molecule has 1 aliphatic carbocycles. The molecule has 38 heavy (non-hydrogen) atoms. The van der Waals surface area contributed by atoms with Gasteiger partial charge < -0.3 is 20.3 Å². The number of fused-ring (bicyclic) bond motifs is 2. The Bertz CT molecular complexity index is 1390. The summed E-state index contributed by atoms with van der Waals surface area (Å²) in [5.74, 6) is 0.378. The van der Waals surface area contributed by atoms with Crippen molar-refractivity contribution in [2.24, 2.45) is 0 Å². The number of halogens is 1. The van der Waals surface area contributed by atoms with E-state index in [2.05, 4.69) is 27.8 Å². The molecule has 0 saturated carbocycles. The highest BCUT2D eigenvalue weighted by Crippen LogP contribution is 2.38. The molecular weight excluding hydrogens is 502 g/mol. The zero-order valence-electron chi connectivity index (χ0n) is 21.2. The highest BCUT2D eigenvalue weighted by Gasteiger charge is 2.40. The molecule has 1 unspecified atom stereocenters. The minimum absolute atomic E-state index is 0.0349. The van der Waals surface area contributed by atoms with E-state index in [1.165, 1.54) is 12.5 Å². The van der Waals surface area contributed by atoms with Gasteiger partial charge in [-0.05, 0) is 48.4 Å². The zero-order valence-corrected chi connectivity index (χ0v) is 22.0. The fraction of sp³-hybridized carbons (Fsp3) is 0.379. The van der Waals surface area contributed by atoms with Crippen LogP contribution in [0.5, 0.6) is 0 Å². The van der Waals surface area contributed by atoms with Crippen molar-refractivity contribution < 1.29 is 14.3 Å². The lowest BCUT2D eigenvalue weighted by molar-refractivity contribution is -0.120. The Labute approximate surface area is 226 Å². The molecular formula is C29H30ClN5O3. The second-order valence-corrected chi connectivity index (χ2v) is 10.6. The lowest BCUT2D eigenvalue weighted by atomic mass is 9.83. The van der Waals surface area contributed by atoms with Crippen LogP contribution < -0.4 is 10.6 Å². The van der Waals surface area contributed by atoms with Crippen molar-refractivity contribution >= 4 is 29.4 Å². The second-order valence-electron chi connectivity index (χ2n) is 10.2. The molecule has 6 rings (SSSR count). The SMILES string of the molecule is CC(=O)N[C@H]1c2ccccc2CCC1N1Cc2ccc(-c3nc(NC4CCOCC4)ncc3Cl)cc2C1=O. The van der Waals surface area contributed by atoms with Gasteiger partial charge in [0.1, 0.15) is 0 Å². The van der Waals surface area contributed by atoms with Crippen molar-refractivity contribution in [3.8, 4) is 11.3 Å². The summed E-state index contributed by atoms with van der Waals surface area (Å²) >= 11 is 6.52. The van der Waals surface area contributed by atoms with Gasteiger partial charge in [-0.1, -0.05) is 48.0 Å². The van der Waals surface area contributed by atoms with E-state index in [1.807, 2.05) is 35.2 Å². The molecule has 2 atom stereocenters. The minimum atomic E-state index is -0.245. The molecule has 9 heteroatoms. The lowest BCUT2D eigenvalue weighted by Gasteiger charge is -2.39. The molecule has 0 spiro atoms. The van der Waals surface area contributed by atoms with E-state index in [0.717, 1.165) is 55.6 Å². The van der Waals surface area contributed by atoms with Gasteiger partial charge in [0, 0.05) is 43.9 Å². The Kier molecular flexibility index (Phi) is 6.76. The Hall–Kier alpha value is -3.49. The Morgan fingerprint density at radius 3 is 2.74 bits per heavy atom. The van der Waals surface area contributed by atoms with Crippen LogP contribution in [0.1, 0.15) is 59.3 Å². The Morgan fingerprint density at radius 2 is 1.92 bits per heavy atom. The maximum absolute atomic E-state index is 13.8. The number of aryl methyl sites for hydroxylation is 1. The number of nitrogens with one attached hydrogen (secondary N) is 2. The van der Waals surface area contributed by atoms with Crippen LogP contribution in [0.4, 0.5) is 5.95 Å². The first-order valence-electron chi connectivity index (χ1n) is 13.1. The number of rotatable bonds is 5. The molecule has 1 aromatic heterocycles. The minimum Gasteiger partial charge on any atom is -0.381 e. The molecule has 1 saturated heterocycles. The normalized spacial score (nSPS) is 21.1. The molecule has 0 bridgehead atoms. The van der Waals surface area contributed by atoms with Gasteiger partial charge in [-0.25, -0.2) is 9.97 Å². The number of carbonyl (C=O) groups excluding carboxylic acids is 2. The van der Waals surface area contributed by atoms with Gasteiger partial charge in [0.05, 0.1) is 29.0 Å². The van der Waals surface area contributed by atoms with Crippen molar-refractivity contribution in [1.82, 2.24) is 20.2 Å². The van der Waals surface area contributed by atoms with Crippen molar-refractivity contribution in [2.45, 2.75) is 57.3 Å². The number of benzene rings is 2. The van der Waals surface area contributed by atoms with Crippen LogP contribution >= 0.6 is 11.6 Å². The van der Waals surface area contributed by atoms with E-state index < -0.39 is 0 Å². The zero-order chi connectivity index (χ0) is 26.2. The van der Waals surface area contributed by atoms with Crippen molar-refractivity contribution in [1.29, 1.82) is 0 Å². The number of hydrogen-bond acceptors (Lipinski definition) is 6. The molecule has 3 aliphatic rings. The number of carbonyl (C=O) groups is 2. The van der Waals surface area contributed by atoms with Gasteiger partial charge in [0.15, 0.2) is 0 Å². The first-order chi connectivity index (χ1) is 18.5. The summed E-state index contributed by atoms with van der Waals surface area (Å²) in [7, 11) is 0. The van der Waals surface area contributed by atoms with E-state index in [4.69, 9.17) is 21.3 Å². The Morgan fingerprint density at radius 1 is 1.11 bits per heavy atom. The van der Waals surface area contributed by atoms with Gasteiger partial charge in [-0.15, -0.1) is 0 Å². The van der Waals surface area contributed by atoms with Crippen molar-refractivity contribution in [2.75, 3.05) is 18.5 Å². The van der Waals surface area contributed by atoms with Crippen LogP contribution in [0.25, 0.3) is 11.3 Å². The molecule has 2 N–H and O–H groups in total. The summed E-state index contributed by atoms with van der Waals surface area (Å²) in [4.78, 5) is 36.8. The van der Waals surface area contributed by atoms with Crippen LogP contribution in [-0.4, -0.2) is 52.0 Å². The average molecular weight is 532 g/mol. The summed E-state index contributed by atoms with van der Waals surface area (Å²) in [5.41, 5.74) is 5.28. The van der Waals surface area contributed by atoms with Crippen LogP contribution in [0.2, 0.25) is 5.02 Å². The summed E-state index contributed by atoms with van der Waals surface area (Å²) in [6.45, 7) is 3.47. The maximum atomic E-state index is 13.8. The largest absolute Gasteiger partial charge is 0.381 e. The molecule has 196 valence electrons. The number of ether oxygens (including phenoxy) is 1. The van der Waals surface area contributed by atoms with E-state index in [1.54, 1.807) is 6.20 Å². The van der Waals surface area contributed by atoms with Gasteiger partial charge in [0.25, 0.3) is 5.91 Å². The molecule has 8 nitrogen and oxygen atoms in total. The van der Waals surface area contributed by atoms with Crippen molar-refractivity contribution in [3.05, 3.63) is 75.9 Å². The number of hydrogen-bond donors (Lipinski definition) is 2. The van der Waals surface area contributed by atoms with Crippen LogP contribution in [-0.2, 0) is 22.5 Å². The number of nitrogens with zero attached hydrogens (tertiary/aromatic N) is 3. The van der Waals surface area contributed by atoms with E-state index in [0.29, 0.717) is 28.8 Å². The first kappa shape index (κ1) is 24.8. The molecule has 1 fully saturated rings. The third-order valence-electron chi connectivity index (χ3n) is 7.76. The fourth-order valence-electron chi connectivity index (χ4n) is 5.87. The van der Waals surface area contributed by atoms with Gasteiger partial charge in [0.2, 0.25) is 11.9 Å². The molecule has 0 radical (unpaired) electrons. The van der Waals surface area contributed by atoms with E-state index in [-0.39, 0.29) is 29.9 Å². The third-order valence-corrected chi connectivity index (χ3v) is 8.03. The molecule has 3 heterocycles. The standard InChI is InChI=1S/C29H30ClN5O3/c1-17(36)32-27-22-5-3-2-4-18(22)8-9-25(27)35-16-20-7-6-19(14-23(20)28(35)37)26-24(30)15-31-29(34-26)33-21-10-12-38-13-11-21/h2-7,14-15,21,25,27H,8-13,16H2,1H3,(H,32,36)(H,31,33,34)/t25?,27-/m0/s1. The quantitative estimate of drug-likeness (QED) is 0.502.